The highest BCUT2D eigenvalue weighted by Crippen LogP contribution is 2.40. The van der Waals surface area contributed by atoms with E-state index in [4.69, 9.17) is 0 Å². The molecule has 1 saturated carbocycles. The number of benzene rings is 1. The largest absolute Gasteiger partial charge is 0.326 e. The van der Waals surface area contributed by atoms with Crippen LogP contribution >= 0.6 is 0 Å². The minimum Gasteiger partial charge on any atom is -0.326 e. The van der Waals surface area contributed by atoms with Crippen molar-refractivity contribution < 1.29 is 14.4 Å². The summed E-state index contributed by atoms with van der Waals surface area (Å²) in [6.45, 7) is 17.8. The van der Waals surface area contributed by atoms with Gasteiger partial charge in [-0.1, -0.05) is 62.3 Å². The van der Waals surface area contributed by atoms with Crippen LogP contribution in [-0.4, -0.2) is 17.7 Å². The number of anilines is 3. The number of hydrogen-bond acceptors (Lipinski definition) is 3. The van der Waals surface area contributed by atoms with E-state index >= 15 is 0 Å². The van der Waals surface area contributed by atoms with Crippen molar-refractivity contribution in [1.82, 2.24) is 0 Å². The van der Waals surface area contributed by atoms with Crippen molar-refractivity contribution in [3.8, 4) is 0 Å². The molecule has 1 aromatic carbocycles. The summed E-state index contributed by atoms with van der Waals surface area (Å²) in [4.78, 5) is 38.1. The smallest absolute Gasteiger partial charge is 0.229 e. The van der Waals surface area contributed by atoms with Gasteiger partial charge in [-0.3, -0.25) is 14.4 Å². The lowest BCUT2D eigenvalue weighted by molar-refractivity contribution is -0.123. The second kappa shape index (κ2) is 9.86. The number of carbonyl (C=O) groups excluding carboxylic acids is 3. The van der Waals surface area contributed by atoms with Crippen molar-refractivity contribution in [1.29, 1.82) is 0 Å². The molecular weight excluding hydrogens is 414 g/mol. The first-order chi connectivity index (χ1) is 15.0. The molecular formula is C27H43N3O3. The number of amides is 3. The summed E-state index contributed by atoms with van der Waals surface area (Å²) < 4.78 is 0. The quantitative estimate of drug-likeness (QED) is 0.486. The molecule has 0 saturated heterocycles. The molecule has 0 radical (unpaired) electrons. The number of rotatable bonds is 4. The van der Waals surface area contributed by atoms with E-state index in [0.717, 1.165) is 25.7 Å². The fourth-order valence-electron chi connectivity index (χ4n) is 3.95. The minimum absolute atomic E-state index is 0.00486. The van der Waals surface area contributed by atoms with Crippen LogP contribution in [-0.2, 0) is 14.4 Å². The Labute approximate surface area is 199 Å². The zero-order valence-electron chi connectivity index (χ0n) is 21.9. The summed E-state index contributed by atoms with van der Waals surface area (Å²) in [7, 11) is 0. The van der Waals surface area contributed by atoms with Crippen molar-refractivity contribution in [2.24, 2.45) is 28.1 Å². The molecule has 33 heavy (non-hydrogen) atoms. The van der Waals surface area contributed by atoms with Crippen LogP contribution in [0.3, 0.4) is 0 Å². The Morgan fingerprint density at radius 2 is 1.00 bits per heavy atom. The van der Waals surface area contributed by atoms with Crippen LogP contribution in [0.15, 0.2) is 18.2 Å². The van der Waals surface area contributed by atoms with Crippen molar-refractivity contribution >= 4 is 34.8 Å². The zero-order chi connectivity index (χ0) is 25.2. The average Bonchev–Trinajstić information content (AvgIpc) is 2.65. The third-order valence-electron chi connectivity index (χ3n) is 6.40. The fourth-order valence-corrected chi connectivity index (χ4v) is 3.95. The van der Waals surface area contributed by atoms with Gasteiger partial charge in [0.25, 0.3) is 0 Å². The fraction of sp³-hybridized carbons (Fsp3) is 0.667. The molecule has 6 heteroatoms. The number of hydrogen-bond donors (Lipinski definition) is 3. The number of carbonyl (C=O) groups is 3. The molecule has 1 aromatic rings. The van der Waals surface area contributed by atoms with Gasteiger partial charge in [0.05, 0.1) is 0 Å². The van der Waals surface area contributed by atoms with Gasteiger partial charge in [0, 0.05) is 33.8 Å². The van der Waals surface area contributed by atoms with E-state index < -0.39 is 10.8 Å². The van der Waals surface area contributed by atoms with Crippen molar-refractivity contribution in [2.75, 3.05) is 16.0 Å². The van der Waals surface area contributed by atoms with Gasteiger partial charge in [-0.05, 0) is 55.2 Å². The van der Waals surface area contributed by atoms with Gasteiger partial charge in [-0.2, -0.15) is 0 Å². The molecule has 0 bridgehead atoms. The number of nitrogens with one attached hydrogen (secondary N) is 3. The molecule has 0 aromatic heterocycles. The molecule has 3 amide bonds. The highest BCUT2D eigenvalue weighted by molar-refractivity contribution is 6.00. The maximum Gasteiger partial charge on any atom is 0.229 e. The van der Waals surface area contributed by atoms with Gasteiger partial charge >= 0.3 is 0 Å². The van der Waals surface area contributed by atoms with Gasteiger partial charge in [0.1, 0.15) is 0 Å². The first kappa shape index (κ1) is 26.9. The minimum atomic E-state index is -0.570. The van der Waals surface area contributed by atoms with Crippen LogP contribution in [0.25, 0.3) is 0 Å². The van der Waals surface area contributed by atoms with Gasteiger partial charge < -0.3 is 16.0 Å². The van der Waals surface area contributed by atoms with Gasteiger partial charge in [0.2, 0.25) is 17.7 Å². The van der Waals surface area contributed by atoms with Crippen LogP contribution in [0.4, 0.5) is 17.1 Å². The summed E-state index contributed by atoms with van der Waals surface area (Å²) in [6, 6.07) is 5.21. The van der Waals surface area contributed by atoms with E-state index in [1.165, 1.54) is 0 Å². The Balaban J connectivity index is 2.21. The van der Waals surface area contributed by atoms with E-state index in [-0.39, 0.29) is 29.1 Å². The van der Waals surface area contributed by atoms with Crippen molar-refractivity contribution in [2.45, 2.75) is 88.0 Å². The SMILES string of the molecule is CC(C)(C)C(=O)Nc1cc(NC(=O)C2CCC(C(C)(C)C)CC2)cc(NC(=O)C(C)(C)C)c1. The third kappa shape index (κ3) is 7.86. The zero-order valence-corrected chi connectivity index (χ0v) is 21.9. The van der Waals surface area contributed by atoms with Gasteiger partial charge in [-0.25, -0.2) is 0 Å². The molecule has 6 nitrogen and oxygen atoms in total. The summed E-state index contributed by atoms with van der Waals surface area (Å²) in [5.74, 6) is 0.328. The van der Waals surface area contributed by atoms with E-state index in [9.17, 15) is 14.4 Å². The molecule has 184 valence electrons. The van der Waals surface area contributed by atoms with E-state index in [1.807, 2.05) is 41.5 Å². The van der Waals surface area contributed by atoms with Crippen LogP contribution in [0.5, 0.6) is 0 Å². The molecule has 0 heterocycles. The molecule has 0 atom stereocenters. The highest BCUT2D eigenvalue weighted by atomic mass is 16.2. The molecule has 0 aliphatic heterocycles. The third-order valence-corrected chi connectivity index (χ3v) is 6.40. The van der Waals surface area contributed by atoms with Gasteiger partial charge in [0.15, 0.2) is 0 Å². The summed E-state index contributed by atoms with van der Waals surface area (Å²) in [6.07, 6.45) is 3.86. The molecule has 1 aliphatic rings. The summed E-state index contributed by atoms with van der Waals surface area (Å²) >= 11 is 0. The lowest BCUT2D eigenvalue weighted by Gasteiger charge is -2.36. The first-order valence-electron chi connectivity index (χ1n) is 12.1. The van der Waals surface area contributed by atoms with Gasteiger partial charge in [-0.15, -0.1) is 0 Å². The first-order valence-corrected chi connectivity index (χ1v) is 12.1. The Morgan fingerprint density at radius 1 is 0.636 bits per heavy atom. The van der Waals surface area contributed by atoms with Crippen LogP contribution in [0.1, 0.15) is 88.0 Å². The highest BCUT2D eigenvalue weighted by Gasteiger charge is 2.32. The lowest BCUT2D eigenvalue weighted by atomic mass is 9.69. The standard InChI is InChI=1S/C27H43N3O3/c1-25(2,3)18-12-10-17(11-13-18)22(31)28-19-14-20(29-23(32)26(4,5)6)16-21(15-19)30-24(33)27(7,8)9/h14-18H,10-13H2,1-9H3,(H,28,31)(H,29,32)(H,30,33). The van der Waals surface area contributed by atoms with Crippen LogP contribution < -0.4 is 16.0 Å². The lowest BCUT2D eigenvalue weighted by Crippen LogP contribution is -2.31. The van der Waals surface area contributed by atoms with Crippen LogP contribution in [0, 0.1) is 28.1 Å². The van der Waals surface area contributed by atoms with Crippen molar-refractivity contribution in [3.63, 3.8) is 0 Å². The van der Waals surface area contributed by atoms with Crippen LogP contribution in [0.2, 0.25) is 0 Å². The van der Waals surface area contributed by atoms with Crippen molar-refractivity contribution in [3.05, 3.63) is 18.2 Å². The second-order valence-electron chi connectivity index (χ2n) is 12.6. The molecule has 2 rings (SSSR count). The second-order valence-corrected chi connectivity index (χ2v) is 12.6. The maximum atomic E-state index is 13.0. The van der Waals surface area contributed by atoms with E-state index in [2.05, 4.69) is 36.7 Å². The summed E-state index contributed by atoms with van der Waals surface area (Å²) in [5.41, 5.74) is 0.761. The van der Waals surface area contributed by atoms with E-state index in [0.29, 0.717) is 23.0 Å². The normalized spacial score (nSPS) is 19.5. The molecule has 0 unspecified atom stereocenters. The Bertz CT molecular complexity index is 831. The molecule has 0 spiro atoms. The molecule has 3 N–H and O–H groups in total. The summed E-state index contributed by atoms with van der Waals surface area (Å²) in [5, 5.41) is 8.85. The predicted molar refractivity (Wildman–Crippen MR) is 136 cm³/mol. The Kier molecular flexibility index (Phi) is 8.03. The Morgan fingerprint density at radius 3 is 1.33 bits per heavy atom. The predicted octanol–water partition coefficient (Wildman–Crippen LogP) is 6.45. The monoisotopic (exact) mass is 457 g/mol. The molecule has 1 fully saturated rings. The topological polar surface area (TPSA) is 87.3 Å². The Hall–Kier alpha value is -2.37. The van der Waals surface area contributed by atoms with E-state index in [1.54, 1.807) is 18.2 Å². The average molecular weight is 458 g/mol. The maximum absolute atomic E-state index is 13.0. The molecule has 1 aliphatic carbocycles.